The molecule has 0 saturated carbocycles. The van der Waals surface area contributed by atoms with E-state index in [1.807, 2.05) is 58.0 Å². The summed E-state index contributed by atoms with van der Waals surface area (Å²) < 4.78 is 26.2. The van der Waals surface area contributed by atoms with E-state index in [4.69, 9.17) is 11.6 Å². The Hall–Kier alpha value is -2.58. The minimum atomic E-state index is -3.77. The first kappa shape index (κ1) is 27.7. The first-order chi connectivity index (χ1) is 15.8. The number of carbonyl (C=O) groups excluding carboxylic acids is 2. The number of hydrogen-bond donors (Lipinski definition) is 1. The molecule has 1 unspecified atom stereocenters. The molecule has 2 aromatic carbocycles. The number of anilines is 1. The van der Waals surface area contributed by atoms with E-state index in [1.54, 1.807) is 24.3 Å². The van der Waals surface area contributed by atoms with Gasteiger partial charge in [0.05, 0.1) is 11.9 Å². The van der Waals surface area contributed by atoms with Crippen LogP contribution in [0.15, 0.2) is 54.6 Å². The summed E-state index contributed by atoms with van der Waals surface area (Å²) in [6.45, 7) is 7.31. The van der Waals surface area contributed by atoms with Crippen molar-refractivity contribution in [2.75, 3.05) is 23.7 Å². The number of nitrogens with one attached hydrogen (secondary N) is 1. The largest absolute Gasteiger partial charge is 0.350 e. The van der Waals surface area contributed by atoms with Crippen molar-refractivity contribution in [1.29, 1.82) is 0 Å². The summed E-state index contributed by atoms with van der Waals surface area (Å²) in [5, 5.41) is 3.40. The topological polar surface area (TPSA) is 86.8 Å². The molecule has 2 aromatic rings. The molecule has 7 nitrogen and oxygen atoms in total. The Morgan fingerprint density at radius 1 is 1.03 bits per heavy atom. The van der Waals surface area contributed by atoms with E-state index < -0.39 is 34.1 Å². The van der Waals surface area contributed by atoms with Gasteiger partial charge in [-0.15, -0.1) is 0 Å². The Morgan fingerprint density at radius 3 is 2.12 bits per heavy atom. The van der Waals surface area contributed by atoms with Crippen molar-refractivity contribution in [2.45, 2.75) is 52.1 Å². The molecule has 2 amide bonds. The highest BCUT2D eigenvalue weighted by molar-refractivity contribution is 7.92. The first-order valence-corrected chi connectivity index (χ1v) is 13.4. The molecule has 9 heteroatoms. The fourth-order valence-electron chi connectivity index (χ4n) is 3.57. The average molecular weight is 508 g/mol. The maximum atomic E-state index is 13.5. The van der Waals surface area contributed by atoms with Crippen LogP contribution in [0.1, 0.15) is 39.7 Å². The number of benzene rings is 2. The van der Waals surface area contributed by atoms with Gasteiger partial charge in [-0.25, -0.2) is 8.42 Å². The Bertz CT molecular complexity index is 1070. The predicted molar refractivity (Wildman–Crippen MR) is 137 cm³/mol. The normalized spacial score (nSPS) is 12.6. The van der Waals surface area contributed by atoms with Crippen molar-refractivity contribution in [3.63, 3.8) is 0 Å². The molecule has 1 atom stereocenters. The lowest BCUT2D eigenvalue weighted by Gasteiger charge is -2.34. The summed E-state index contributed by atoms with van der Waals surface area (Å²) >= 11 is 5.95. The van der Waals surface area contributed by atoms with E-state index in [0.29, 0.717) is 23.6 Å². The number of nitrogens with zero attached hydrogens (tertiary/aromatic N) is 2. The molecule has 0 aliphatic heterocycles. The molecular weight excluding hydrogens is 474 g/mol. The first-order valence-electron chi connectivity index (χ1n) is 11.2. The van der Waals surface area contributed by atoms with Gasteiger partial charge in [0.1, 0.15) is 12.6 Å². The van der Waals surface area contributed by atoms with Crippen LogP contribution in [0.2, 0.25) is 5.02 Å². The summed E-state index contributed by atoms with van der Waals surface area (Å²) in [5.74, 6) is -0.721. The SMILES string of the molecule is CCC(C(=O)NC(C)(C)C)N(CCc1ccccc1)C(=O)CN(c1ccc(Cl)cc1)S(C)(=O)=O. The molecule has 34 heavy (non-hydrogen) atoms. The van der Waals surface area contributed by atoms with E-state index in [0.717, 1.165) is 16.1 Å². The molecule has 186 valence electrons. The van der Waals surface area contributed by atoms with Crippen molar-refractivity contribution in [3.8, 4) is 0 Å². The summed E-state index contributed by atoms with van der Waals surface area (Å²) in [6.07, 6.45) is 1.97. The third-order valence-corrected chi connectivity index (χ3v) is 6.55. The van der Waals surface area contributed by atoms with Crippen LogP contribution in [0, 0.1) is 0 Å². The average Bonchev–Trinajstić information content (AvgIpc) is 2.74. The van der Waals surface area contributed by atoms with Gasteiger partial charge in [0.15, 0.2) is 0 Å². The van der Waals surface area contributed by atoms with Crippen molar-refractivity contribution in [3.05, 3.63) is 65.2 Å². The molecule has 0 saturated heterocycles. The standard InChI is InChI=1S/C25H34ClN3O4S/c1-6-22(24(31)27-25(2,3)4)28(17-16-19-10-8-7-9-11-19)23(30)18-29(34(5,32)33)21-14-12-20(26)13-15-21/h7-15,22H,6,16-18H2,1-5H3,(H,27,31). The van der Waals surface area contributed by atoms with Crippen LogP contribution in [0.25, 0.3) is 0 Å². The molecule has 0 aliphatic rings. The van der Waals surface area contributed by atoms with Crippen LogP contribution in [0.5, 0.6) is 0 Å². The van der Waals surface area contributed by atoms with E-state index >= 15 is 0 Å². The molecule has 0 aliphatic carbocycles. The quantitative estimate of drug-likeness (QED) is 0.529. The van der Waals surface area contributed by atoms with Crippen molar-refractivity contribution >= 4 is 39.1 Å². The van der Waals surface area contributed by atoms with Gasteiger partial charge in [-0.05, 0) is 63.4 Å². The fraction of sp³-hybridized carbons (Fsp3) is 0.440. The second-order valence-corrected chi connectivity index (χ2v) is 11.6. The van der Waals surface area contributed by atoms with Gasteiger partial charge in [-0.1, -0.05) is 48.9 Å². The highest BCUT2D eigenvalue weighted by Crippen LogP contribution is 2.21. The van der Waals surface area contributed by atoms with Crippen molar-refractivity contribution in [2.24, 2.45) is 0 Å². The number of carbonyl (C=O) groups is 2. The maximum absolute atomic E-state index is 13.5. The lowest BCUT2D eigenvalue weighted by molar-refractivity contribution is -0.140. The summed E-state index contributed by atoms with van der Waals surface area (Å²) in [4.78, 5) is 28.1. The van der Waals surface area contributed by atoms with E-state index in [9.17, 15) is 18.0 Å². The Labute approximate surface area is 208 Å². The lowest BCUT2D eigenvalue weighted by atomic mass is 10.1. The molecule has 0 aromatic heterocycles. The lowest BCUT2D eigenvalue weighted by Crippen LogP contribution is -2.56. The van der Waals surface area contributed by atoms with Gasteiger partial charge in [-0.3, -0.25) is 13.9 Å². The molecule has 0 heterocycles. The smallest absolute Gasteiger partial charge is 0.244 e. The number of hydrogen-bond acceptors (Lipinski definition) is 4. The molecule has 0 fully saturated rings. The highest BCUT2D eigenvalue weighted by atomic mass is 35.5. The zero-order valence-electron chi connectivity index (χ0n) is 20.4. The van der Waals surface area contributed by atoms with Crippen LogP contribution >= 0.6 is 11.6 Å². The number of amides is 2. The second-order valence-electron chi connectivity index (χ2n) is 9.23. The summed E-state index contributed by atoms with van der Waals surface area (Å²) in [6, 6.07) is 15.1. The maximum Gasteiger partial charge on any atom is 0.244 e. The molecule has 1 N–H and O–H groups in total. The Balaban J connectivity index is 2.36. The van der Waals surface area contributed by atoms with E-state index in [-0.39, 0.29) is 12.5 Å². The highest BCUT2D eigenvalue weighted by Gasteiger charge is 2.32. The minimum absolute atomic E-state index is 0.270. The number of sulfonamides is 1. The minimum Gasteiger partial charge on any atom is -0.350 e. The number of rotatable bonds is 10. The Kier molecular flexibility index (Phi) is 9.53. The number of halogens is 1. The monoisotopic (exact) mass is 507 g/mol. The molecule has 0 radical (unpaired) electrons. The van der Waals surface area contributed by atoms with Crippen LogP contribution in [-0.4, -0.2) is 56.1 Å². The molecule has 0 bridgehead atoms. The van der Waals surface area contributed by atoms with Gasteiger partial charge < -0.3 is 10.2 Å². The molecule has 2 rings (SSSR count). The van der Waals surface area contributed by atoms with Crippen LogP contribution in [0.4, 0.5) is 5.69 Å². The fourth-order valence-corrected chi connectivity index (χ4v) is 4.55. The van der Waals surface area contributed by atoms with Gasteiger partial charge in [0, 0.05) is 17.1 Å². The van der Waals surface area contributed by atoms with E-state index in [1.165, 1.54) is 4.90 Å². The Morgan fingerprint density at radius 2 is 1.62 bits per heavy atom. The third-order valence-electron chi connectivity index (χ3n) is 5.16. The predicted octanol–water partition coefficient (Wildman–Crippen LogP) is 3.87. The van der Waals surface area contributed by atoms with Crippen LogP contribution in [0.3, 0.4) is 0 Å². The van der Waals surface area contributed by atoms with E-state index in [2.05, 4.69) is 5.32 Å². The second kappa shape index (κ2) is 11.7. The zero-order valence-corrected chi connectivity index (χ0v) is 22.0. The summed E-state index contributed by atoms with van der Waals surface area (Å²) in [5.41, 5.74) is 0.875. The van der Waals surface area contributed by atoms with Gasteiger partial charge >= 0.3 is 0 Å². The zero-order chi connectivity index (χ0) is 25.5. The summed E-state index contributed by atoms with van der Waals surface area (Å²) in [7, 11) is -3.77. The van der Waals surface area contributed by atoms with Crippen molar-refractivity contribution < 1.29 is 18.0 Å². The third kappa shape index (κ3) is 8.33. The van der Waals surface area contributed by atoms with Crippen molar-refractivity contribution in [1.82, 2.24) is 10.2 Å². The van der Waals surface area contributed by atoms with Gasteiger partial charge in [0.25, 0.3) is 0 Å². The van der Waals surface area contributed by atoms with Crippen LogP contribution in [-0.2, 0) is 26.0 Å². The molecule has 0 spiro atoms. The van der Waals surface area contributed by atoms with Gasteiger partial charge in [-0.2, -0.15) is 0 Å². The van der Waals surface area contributed by atoms with Gasteiger partial charge in [0.2, 0.25) is 21.8 Å². The molecular formula is C25H34ClN3O4S. The van der Waals surface area contributed by atoms with Crippen LogP contribution < -0.4 is 9.62 Å².